The molecule has 19 heavy (non-hydrogen) atoms. The molecule has 0 radical (unpaired) electrons. The number of carbonyl (C=O) groups is 2. The molecule has 1 aromatic carbocycles. The van der Waals surface area contributed by atoms with Crippen molar-refractivity contribution in [2.24, 2.45) is 5.92 Å². The number of carboxylic acid groups (broad SMARTS) is 1. The molecule has 6 heteroatoms. The number of hydrogen-bond acceptors (Lipinski definition) is 2. The lowest BCUT2D eigenvalue weighted by atomic mass is 9.99. The van der Waals surface area contributed by atoms with Crippen LogP contribution in [0.4, 0.5) is 4.39 Å². The first kappa shape index (κ1) is 15.4. The Balaban J connectivity index is 2.94. The third kappa shape index (κ3) is 3.67. The van der Waals surface area contributed by atoms with Crippen LogP contribution in [0.2, 0.25) is 5.02 Å². The quantitative estimate of drug-likeness (QED) is 0.875. The number of benzene rings is 1. The van der Waals surface area contributed by atoms with E-state index in [0.29, 0.717) is 6.42 Å². The van der Waals surface area contributed by atoms with Crippen LogP contribution in [-0.4, -0.2) is 23.0 Å². The fourth-order valence-corrected chi connectivity index (χ4v) is 1.79. The van der Waals surface area contributed by atoms with E-state index in [1.54, 1.807) is 6.92 Å². The number of rotatable bonds is 5. The fourth-order valence-electron chi connectivity index (χ4n) is 1.58. The molecule has 0 heterocycles. The maximum Gasteiger partial charge on any atom is 0.326 e. The molecule has 1 rings (SSSR count). The average molecular weight is 288 g/mol. The molecule has 0 fully saturated rings. The highest BCUT2D eigenvalue weighted by Crippen LogP contribution is 2.20. The Bertz CT molecular complexity index is 493. The van der Waals surface area contributed by atoms with E-state index < -0.39 is 23.7 Å². The van der Waals surface area contributed by atoms with Crippen molar-refractivity contribution in [3.05, 3.63) is 34.6 Å². The fraction of sp³-hybridized carbons (Fsp3) is 0.385. The Morgan fingerprint density at radius 3 is 2.63 bits per heavy atom. The monoisotopic (exact) mass is 287 g/mol. The second-order valence-corrected chi connectivity index (χ2v) is 4.65. The van der Waals surface area contributed by atoms with Crippen LogP contribution in [-0.2, 0) is 4.79 Å². The first-order chi connectivity index (χ1) is 8.88. The molecule has 1 amide bonds. The van der Waals surface area contributed by atoms with E-state index in [0.717, 1.165) is 6.07 Å². The molecule has 0 aliphatic rings. The average Bonchev–Trinajstić information content (AvgIpc) is 2.37. The van der Waals surface area contributed by atoms with Crippen LogP contribution < -0.4 is 5.32 Å². The zero-order chi connectivity index (χ0) is 14.6. The van der Waals surface area contributed by atoms with Crippen molar-refractivity contribution in [3.63, 3.8) is 0 Å². The standard InChI is InChI=1S/C13H15ClFNO3/c1-3-7(2)11(13(18)19)16-12(17)8-5-4-6-9(15)10(8)14/h4-7,11H,3H2,1-2H3,(H,16,17)(H,18,19)/t7-,11-/m0/s1. The van der Waals surface area contributed by atoms with Gasteiger partial charge < -0.3 is 10.4 Å². The van der Waals surface area contributed by atoms with Gasteiger partial charge in [-0.15, -0.1) is 0 Å². The predicted molar refractivity (Wildman–Crippen MR) is 69.8 cm³/mol. The summed E-state index contributed by atoms with van der Waals surface area (Å²) >= 11 is 5.68. The van der Waals surface area contributed by atoms with Crippen molar-refractivity contribution >= 4 is 23.5 Å². The highest BCUT2D eigenvalue weighted by Gasteiger charge is 2.26. The number of carbonyl (C=O) groups excluding carboxylic acids is 1. The molecule has 2 atom stereocenters. The molecule has 0 spiro atoms. The van der Waals surface area contributed by atoms with Gasteiger partial charge in [0.1, 0.15) is 11.9 Å². The molecule has 0 bridgehead atoms. The summed E-state index contributed by atoms with van der Waals surface area (Å²) < 4.78 is 13.2. The lowest BCUT2D eigenvalue weighted by Gasteiger charge is -2.20. The highest BCUT2D eigenvalue weighted by molar-refractivity contribution is 6.34. The van der Waals surface area contributed by atoms with Crippen LogP contribution in [0, 0.1) is 11.7 Å². The van der Waals surface area contributed by atoms with Gasteiger partial charge in [-0.3, -0.25) is 4.79 Å². The Hall–Kier alpha value is -1.62. The van der Waals surface area contributed by atoms with Crippen molar-refractivity contribution in [1.82, 2.24) is 5.32 Å². The van der Waals surface area contributed by atoms with Crippen molar-refractivity contribution in [2.45, 2.75) is 26.3 Å². The molecule has 4 nitrogen and oxygen atoms in total. The number of nitrogens with one attached hydrogen (secondary N) is 1. The van der Waals surface area contributed by atoms with Crippen LogP contribution >= 0.6 is 11.6 Å². The summed E-state index contributed by atoms with van der Waals surface area (Å²) in [7, 11) is 0. The van der Waals surface area contributed by atoms with Crippen molar-refractivity contribution in [2.75, 3.05) is 0 Å². The number of halogens is 2. The van der Waals surface area contributed by atoms with E-state index in [4.69, 9.17) is 16.7 Å². The van der Waals surface area contributed by atoms with E-state index in [1.807, 2.05) is 6.92 Å². The summed E-state index contributed by atoms with van der Waals surface area (Å²) in [5.41, 5.74) is -0.0729. The molecular formula is C13H15ClFNO3. The number of aliphatic carboxylic acids is 1. The van der Waals surface area contributed by atoms with E-state index in [9.17, 15) is 14.0 Å². The minimum absolute atomic E-state index is 0.0729. The van der Waals surface area contributed by atoms with Crippen molar-refractivity contribution < 1.29 is 19.1 Å². The molecule has 0 aliphatic heterocycles. The molecule has 0 saturated carbocycles. The summed E-state index contributed by atoms with van der Waals surface area (Å²) in [5.74, 6) is -2.79. The molecular weight excluding hydrogens is 273 g/mol. The summed E-state index contributed by atoms with van der Waals surface area (Å²) in [6, 6.07) is 2.78. The molecule has 0 aliphatic carbocycles. The predicted octanol–water partition coefficient (Wildman–Crippen LogP) is 2.71. The highest BCUT2D eigenvalue weighted by atomic mass is 35.5. The van der Waals surface area contributed by atoms with Gasteiger partial charge in [-0.2, -0.15) is 0 Å². The molecule has 2 N–H and O–H groups in total. The normalized spacial score (nSPS) is 13.7. The Kier molecular flexibility index (Phi) is 5.30. The number of carboxylic acids is 1. The third-order valence-corrected chi connectivity index (χ3v) is 3.35. The lowest BCUT2D eigenvalue weighted by molar-refractivity contribution is -0.140. The molecule has 104 valence electrons. The van der Waals surface area contributed by atoms with E-state index >= 15 is 0 Å². The van der Waals surface area contributed by atoms with E-state index in [-0.39, 0.29) is 16.5 Å². The Morgan fingerprint density at radius 1 is 1.47 bits per heavy atom. The SMILES string of the molecule is CC[C@H](C)[C@H](NC(=O)c1cccc(F)c1Cl)C(=O)O. The van der Waals surface area contributed by atoms with Crippen LogP contribution in [0.15, 0.2) is 18.2 Å². The van der Waals surface area contributed by atoms with Crippen LogP contribution in [0.25, 0.3) is 0 Å². The summed E-state index contributed by atoms with van der Waals surface area (Å²) in [6.45, 7) is 3.54. The first-order valence-electron chi connectivity index (χ1n) is 5.86. The Labute approximate surface area is 115 Å². The molecule has 0 aromatic heterocycles. The van der Waals surface area contributed by atoms with Gasteiger partial charge in [-0.1, -0.05) is 37.9 Å². The first-order valence-corrected chi connectivity index (χ1v) is 6.24. The second-order valence-electron chi connectivity index (χ2n) is 4.28. The smallest absolute Gasteiger partial charge is 0.326 e. The minimum atomic E-state index is -1.13. The molecule has 0 saturated heterocycles. The van der Waals surface area contributed by atoms with E-state index in [2.05, 4.69) is 5.32 Å². The number of amides is 1. The summed E-state index contributed by atoms with van der Waals surface area (Å²) in [4.78, 5) is 23.0. The molecule has 1 aromatic rings. The van der Waals surface area contributed by atoms with Crippen molar-refractivity contribution in [3.8, 4) is 0 Å². The van der Waals surface area contributed by atoms with Gasteiger partial charge in [-0.25, -0.2) is 9.18 Å². The van der Waals surface area contributed by atoms with Gasteiger partial charge in [0.15, 0.2) is 0 Å². The minimum Gasteiger partial charge on any atom is -0.480 e. The van der Waals surface area contributed by atoms with Gasteiger partial charge in [0.2, 0.25) is 0 Å². The topological polar surface area (TPSA) is 66.4 Å². The maximum atomic E-state index is 13.2. The zero-order valence-electron chi connectivity index (χ0n) is 10.6. The summed E-state index contributed by atoms with van der Waals surface area (Å²) in [6.07, 6.45) is 0.591. The van der Waals surface area contributed by atoms with Crippen molar-refractivity contribution in [1.29, 1.82) is 0 Å². The van der Waals surface area contributed by atoms with E-state index in [1.165, 1.54) is 12.1 Å². The van der Waals surface area contributed by atoms with Crippen LogP contribution in [0.3, 0.4) is 0 Å². The largest absolute Gasteiger partial charge is 0.480 e. The van der Waals surface area contributed by atoms with Gasteiger partial charge in [0, 0.05) is 0 Å². The lowest BCUT2D eigenvalue weighted by Crippen LogP contribution is -2.45. The third-order valence-electron chi connectivity index (χ3n) is 2.96. The molecule has 0 unspecified atom stereocenters. The Morgan fingerprint density at radius 2 is 2.11 bits per heavy atom. The van der Waals surface area contributed by atoms with Gasteiger partial charge in [0.25, 0.3) is 5.91 Å². The second kappa shape index (κ2) is 6.52. The number of hydrogen-bond donors (Lipinski definition) is 2. The van der Waals surface area contributed by atoms with Crippen LogP contribution in [0.1, 0.15) is 30.6 Å². The van der Waals surface area contributed by atoms with Gasteiger partial charge in [-0.05, 0) is 18.1 Å². The maximum absolute atomic E-state index is 13.2. The zero-order valence-corrected chi connectivity index (χ0v) is 11.4. The van der Waals surface area contributed by atoms with Crippen LogP contribution in [0.5, 0.6) is 0 Å². The van der Waals surface area contributed by atoms with Gasteiger partial charge >= 0.3 is 5.97 Å². The van der Waals surface area contributed by atoms with Gasteiger partial charge in [0.05, 0.1) is 10.6 Å². The summed E-state index contributed by atoms with van der Waals surface area (Å²) in [5, 5.41) is 11.1.